The first kappa shape index (κ1) is 17.3. The van der Waals surface area contributed by atoms with Crippen LogP contribution in [0, 0.1) is 0 Å². The molecule has 0 aromatic carbocycles. The Morgan fingerprint density at radius 1 is 0.619 bits per heavy atom. The van der Waals surface area contributed by atoms with Crippen molar-refractivity contribution in [2.24, 2.45) is 0 Å². The van der Waals surface area contributed by atoms with E-state index in [-0.39, 0.29) is 22.4 Å². The number of hydrogen-bond donors (Lipinski definition) is 0. The van der Waals surface area contributed by atoms with Crippen molar-refractivity contribution in [1.82, 2.24) is 4.72 Å². The lowest BCUT2D eigenvalue weighted by Crippen LogP contribution is -2.53. The molecule has 0 radical (unpaired) electrons. The van der Waals surface area contributed by atoms with Gasteiger partial charge in [-0.05, 0) is 61.9 Å². The summed E-state index contributed by atoms with van der Waals surface area (Å²) in [5, 5.41) is 0. The summed E-state index contributed by atoms with van der Waals surface area (Å²) < 4.78 is 26.4. The minimum atomic E-state index is -0.463. The summed E-state index contributed by atoms with van der Waals surface area (Å²) in [4.78, 5) is 0. The van der Waals surface area contributed by atoms with Gasteiger partial charge in [-0.2, -0.15) is 0 Å². The van der Waals surface area contributed by atoms with Crippen LogP contribution in [-0.2, 0) is 18.6 Å². The zero-order valence-corrected chi connectivity index (χ0v) is 14.9. The van der Waals surface area contributed by atoms with Crippen LogP contribution in [0.2, 0.25) is 0 Å². The van der Waals surface area contributed by atoms with E-state index < -0.39 is 14.5 Å². The van der Waals surface area contributed by atoms with Gasteiger partial charge in [0, 0.05) is 0 Å². The summed E-state index contributed by atoms with van der Waals surface area (Å²) in [6.45, 7) is 19.1. The fourth-order valence-corrected chi connectivity index (χ4v) is 2.29. The van der Waals surface area contributed by atoms with Crippen molar-refractivity contribution in [2.45, 2.75) is 84.7 Å². The Labute approximate surface area is 130 Å². The third-order valence-electron chi connectivity index (χ3n) is 5.39. The second kappa shape index (κ2) is 4.96. The van der Waals surface area contributed by atoms with Gasteiger partial charge in [0.1, 0.15) is 0 Å². The minimum absolute atomic E-state index is 0.366. The van der Waals surface area contributed by atoms with Crippen molar-refractivity contribution in [2.75, 3.05) is 6.54 Å². The lowest BCUT2D eigenvalue weighted by molar-refractivity contribution is 0.00578. The van der Waals surface area contributed by atoms with Crippen LogP contribution in [0.15, 0.2) is 0 Å². The molecular weight excluding hydrogens is 268 g/mol. The fourth-order valence-electron chi connectivity index (χ4n) is 2.29. The number of rotatable bonds is 3. The Balaban J connectivity index is 2.16. The second-order valence-electron chi connectivity index (χ2n) is 7.96. The van der Waals surface area contributed by atoms with Gasteiger partial charge in [0.15, 0.2) is 0 Å². The maximum absolute atomic E-state index is 6.11. The molecule has 120 valence electrons. The van der Waals surface area contributed by atoms with Crippen LogP contribution in [0.4, 0.5) is 0 Å². The molecule has 0 unspecified atom stereocenters. The molecular formula is C14H29B2NO4. The third-order valence-corrected chi connectivity index (χ3v) is 5.39. The van der Waals surface area contributed by atoms with Gasteiger partial charge >= 0.3 is 14.5 Å². The fraction of sp³-hybridized carbons (Fsp3) is 1.00. The zero-order chi connectivity index (χ0) is 16.3. The van der Waals surface area contributed by atoms with E-state index in [2.05, 4.69) is 6.92 Å². The van der Waals surface area contributed by atoms with Crippen LogP contribution in [0.25, 0.3) is 0 Å². The van der Waals surface area contributed by atoms with Crippen LogP contribution in [0.3, 0.4) is 0 Å². The SMILES string of the molecule is CCN(B1OC(C)(C)C(C)(C)O1)B1OC(C)(C)C(C)(C)O1. The molecule has 0 bridgehead atoms. The number of hydrogen-bond acceptors (Lipinski definition) is 5. The van der Waals surface area contributed by atoms with Gasteiger partial charge in [0.25, 0.3) is 0 Å². The first-order valence-corrected chi connectivity index (χ1v) is 7.80. The molecule has 0 spiro atoms. The van der Waals surface area contributed by atoms with E-state index in [1.807, 2.05) is 60.1 Å². The van der Waals surface area contributed by atoms with E-state index >= 15 is 0 Å². The summed E-state index contributed by atoms with van der Waals surface area (Å²) in [6.07, 6.45) is 0. The van der Waals surface area contributed by atoms with Crippen molar-refractivity contribution in [3.05, 3.63) is 0 Å². The normalized spacial score (nSPS) is 29.4. The summed E-state index contributed by atoms with van der Waals surface area (Å²) in [5.41, 5.74) is -1.47. The van der Waals surface area contributed by atoms with Gasteiger partial charge in [0.05, 0.1) is 22.4 Å². The summed E-state index contributed by atoms with van der Waals surface area (Å²) in [6, 6.07) is 0. The van der Waals surface area contributed by atoms with Gasteiger partial charge in [-0.25, -0.2) is 0 Å². The monoisotopic (exact) mass is 297 g/mol. The van der Waals surface area contributed by atoms with Crippen molar-refractivity contribution >= 4 is 14.5 Å². The highest BCUT2D eigenvalue weighted by Crippen LogP contribution is 2.41. The van der Waals surface area contributed by atoms with Crippen LogP contribution >= 0.6 is 0 Å². The van der Waals surface area contributed by atoms with Gasteiger partial charge in [-0.15, -0.1) is 0 Å². The molecule has 0 saturated carbocycles. The van der Waals surface area contributed by atoms with Gasteiger partial charge in [0.2, 0.25) is 0 Å². The first-order valence-electron chi connectivity index (χ1n) is 7.80. The van der Waals surface area contributed by atoms with E-state index in [9.17, 15) is 0 Å². The van der Waals surface area contributed by atoms with E-state index in [0.29, 0.717) is 6.54 Å². The molecule has 0 atom stereocenters. The van der Waals surface area contributed by atoms with Crippen molar-refractivity contribution < 1.29 is 18.6 Å². The molecule has 2 aliphatic heterocycles. The molecule has 7 heteroatoms. The van der Waals surface area contributed by atoms with E-state index in [1.165, 1.54) is 0 Å². The van der Waals surface area contributed by atoms with Gasteiger partial charge in [-0.1, -0.05) is 6.92 Å². The van der Waals surface area contributed by atoms with Crippen molar-refractivity contribution in [3.8, 4) is 0 Å². The largest absolute Gasteiger partial charge is 0.551 e. The second-order valence-corrected chi connectivity index (χ2v) is 7.96. The van der Waals surface area contributed by atoms with Crippen molar-refractivity contribution in [1.29, 1.82) is 0 Å². The Morgan fingerprint density at radius 2 is 0.857 bits per heavy atom. The molecule has 2 saturated heterocycles. The summed E-state index contributed by atoms with van der Waals surface area (Å²) >= 11 is 0. The van der Waals surface area contributed by atoms with Crippen LogP contribution in [0.5, 0.6) is 0 Å². The van der Waals surface area contributed by atoms with Crippen LogP contribution < -0.4 is 0 Å². The van der Waals surface area contributed by atoms with Gasteiger partial charge in [-0.3, -0.25) is 4.72 Å². The lowest BCUT2D eigenvalue weighted by Gasteiger charge is -2.32. The predicted octanol–water partition coefficient (Wildman–Crippen LogP) is 2.49. The predicted molar refractivity (Wildman–Crippen MR) is 84.5 cm³/mol. The highest BCUT2D eigenvalue weighted by Gasteiger charge is 2.60. The Morgan fingerprint density at radius 3 is 1.05 bits per heavy atom. The maximum Gasteiger partial charge on any atom is 0.551 e. The lowest BCUT2D eigenvalue weighted by atomic mass is 9.89. The molecule has 2 heterocycles. The Bertz CT molecular complexity index is 344. The Hall–Kier alpha value is -0.0701. The highest BCUT2D eigenvalue weighted by molar-refractivity contribution is 6.60. The smallest absolute Gasteiger partial charge is 0.390 e. The quantitative estimate of drug-likeness (QED) is 0.748. The maximum atomic E-state index is 6.11. The molecule has 0 aromatic heterocycles. The average Bonchev–Trinajstić information content (AvgIpc) is 2.58. The van der Waals surface area contributed by atoms with E-state index in [0.717, 1.165) is 0 Å². The molecule has 0 aliphatic carbocycles. The molecule has 2 rings (SSSR count). The molecule has 0 N–H and O–H groups in total. The first-order chi connectivity index (χ1) is 9.33. The summed E-state index contributed by atoms with van der Waals surface area (Å²) in [5.74, 6) is 0. The Kier molecular flexibility index (Phi) is 4.09. The minimum Gasteiger partial charge on any atom is -0.390 e. The van der Waals surface area contributed by atoms with Crippen LogP contribution in [-0.4, -0.2) is 48.2 Å². The zero-order valence-electron chi connectivity index (χ0n) is 14.9. The number of nitrogens with zero attached hydrogens (tertiary/aromatic N) is 1. The van der Waals surface area contributed by atoms with E-state index in [4.69, 9.17) is 18.6 Å². The molecule has 2 aliphatic rings. The molecule has 5 nitrogen and oxygen atoms in total. The average molecular weight is 297 g/mol. The molecule has 21 heavy (non-hydrogen) atoms. The van der Waals surface area contributed by atoms with Crippen LogP contribution in [0.1, 0.15) is 62.3 Å². The molecule has 2 fully saturated rings. The van der Waals surface area contributed by atoms with Gasteiger partial charge < -0.3 is 18.6 Å². The summed E-state index contributed by atoms with van der Waals surface area (Å²) in [7, 11) is -0.926. The molecule has 0 amide bonds. The highest BCUT2D eigenvalue weighted by atomic mass is 16.7. The van der Waals surface area contributed by atoms with Crippen molar-refractivity contribution in [3.63, 3.8) is 0 Å². The molecule has 0 aromatic rings. The standard InChI is InChI=1S/C14H29B2NO4/c1-10-17(15-18-11(2,3)12(4,5)19-15)16-20-13(6,7)14(8,9)21-16/h10H2,1-9H3. The topological polar surface area (TPSA) is 40.2 Å². The van der Waals surface area contributed by atoms with E-state index in [1.54, 1.807) is 0 Å². The third kappa shape index (κ3) is 2.79.